The van der Waals surface area contributed by atoms with E-state index in [4.69, 9.17) is 0 Å². The van der Waals surface area contributed by atoms with Gasteiger partial charge in [0, 0.05) is 6.04 Å². The van der Waals surface area contributed by atoms with E-state index in [0.717, 1.165) is 18.9 Å². The molecule has 0 aromatic carbocycles. The molecule has 2 nitrogen and oxygen atoms in total. The van der Waals surface area contributed by atoms with Crippen molar-refractivity contribution in [3.8, 4) is 0 Å². The minimum atomic E-state index is 0.800. The summed E-state index contributed by atoms with van der Waals surface area (Å²) < 4.78 is 0. The maximum Gasteiger partial charge on any atom is 0.00952 e. The lowest BCUT2D eigenvalue weighted by atomic mass is 9.97. The Morgan fingerprint density at radius 3 is 1.13 bits per heavy atom. The lowest BCUT2D eigenvalue weighted by molar-refractivity contribution is 0.159. The van der Waals surface area contributed by atoms with Crippen molar-refractivity contribution in [3.63, 3.8) is 0 Å². The number of rotatable bonds is 42. The van der Waals surface area contributed by atoms with Crippen LogP contribution < -0.4 is 0 Å². The Labute approximate surface area is 329 Å². The molecule has 0 saturated heterocycles. The maximum absolute atomic E-state index is 2.97. The van der Waals surface area contributed by atoms with E-state index in [1.807, 2.05) is 0 Å². The number of hydrogen-bond acceptors (Lipinski definition) is 2. The minimum absolute atomic E-state index is 0.800. The van der Waals surface area contributed by atoms with Crippen molar-refractivity contribution in [2.24, 2.45) is 0 Å². The fraction of sp³-hybridized carbons (Fsp3) is 0.840. The van der Waals surface area contributed by atoms with E-state index in [9.17, 15) is 0 Å². The van der Waals surface area contributed by atoms with Crippen LogP contribution in [0.3, 0.4) is 0 Å². The third kappa shape index (κ3) is 40.1. The first-order chi connectivity index (χ1) is 25.7. The lowest BCUT2D eigenvalue weighted by Crippen LogP contribution is -2.38. The molecule has 0 spiro atoms. The molecule has 1 unspecified atom stereocenters. The predicted octanol–water partition coefficient (Wildman–Crippen LogP) is 16.4. The van der Waals surface area contributed by atoms with Crippen molar-refractivity contribution in [3.05, 3.63) is 48.6 Å². The Kier molecular flexibility index (Phi) is 43.3. The van der Waals surface area contributed by atoms with Crippen molar-refractivity contribution in [2.75, 3.05) is 33.7 Å². The van der Waals surface area contributed by atoms with E-state index in [1.165, 1.54) is 219 Å². The molecule has 306 valence electrons. The highest BCUT2D eigenvalue weighted by Crippen LogP contribution is 2.21. The van der Waals surface area contributed by atoms with Crippen LogP contribution in [-0.2, 0) is 0 Å². The average Bonchev–Trinajstić information content (AvgIpc) is 3.14. The molecule has 0 saturated carbocycles. The summed E-state index contributed by atoms with van der Waals surface area (Å²) in [6, 6.07) is 0.800. The predicted molar refractivity (Wildman–Crippen MR) is 240 cm³/mol. The van der Waals surface area contributed by atoms with Crippen LogP contribution in [0.15, 0.2) is 48.6 Å². The average molecular weight is 725 g/mol. The van der Waals surface area contributed by atoms with Gasteiger partial charge in [-0.05, 0) is 117 Å². The first-order valence-corrected chi connectivity index (χ1v) is 23.6. The van der Waals surface area contributed by atoms with Crippen LogP contribution in [0.4, 0.5) is 0 Å². The summed E-state index contributed by atoms with van der Waals surface area (Å²) in [6.45, 7) is 10.7. The van der Waals surface area contributed by atoms with Crippen LogP contribution in [0, 0.1) is 0 Å². The van der Waals surface area contributed by atoms with Gasteiger partial charge in [-0.25, -0.2) is 0 Å². The summed E-state index contributed by atoms with van der Waals surface area (Å²) in [5.41, 5.74) is 0. The summed E-state index contributed by atoms with van der Waals surface area (Å²) >= 11 is 0. The fourth-order valence-electron chi connectivity index (χ4n) is 7.39. The van der Waals surface area contributed by atoms with Gasteiger partial charge in [-0.1, -0.05) is 198 Å². The van der Waals surface area contributed by atoms with E-state index in [-0.39, 0.29) is 0 Å². The van der Waals surface area contributed by atoms with Crippen LogP contribution in [-0.4, -0.2) is 49.6 Å². The normalized spacial score (nSPS) is 13.1. The zero-order valence-electron chi connectivity index (χ0n) is 36.5. The van der Waals surface area contributed by atoms with Crippen molar-refractivity contribution < 1.29 is 0 Å². The summed E-state index contributed by atoms with van der Waals surface area (Å²) in [6.07, 6.45) is 64.0. The van der Waals surface area contributed by atoms with Gasteiger partial charge in [-0.15, -0.1) is 0 Å². The first-order valence-electron chi connectivity index (χ1n) is 23.6. The van der Waals surface area contributed by atoms with E-state index >= 15 is 0 Å². The van der Waals surface area contributed by atoms with Crippen LogP contribution in [0.2, 0.25) is 0 Å². The fourth-order valence-corrected chi connectivity index (χ4v) is 7.39. The molecule has 2 heteroatoms. The molecule has 0 rings (SSSR count). The highest BCUT2D eigenvalue weighted by atomic mass is 15.2. The molecule has 0 aliphatic carbocycles. The Morgan fingerprint density at radius 1 is 0.327 bits per heavy atom. The molecular weight excluding hydrogens is 629 g/mol. The van der Waals surface area contributed by atoms with Crippen molar-refractivity contribution in [2.45, 2.75) is 239 Å². The highest BCUT2D eigenvalue weighted by Gasteiger charge is 2.18. The van der Waals surface area contributed by atoms with Crippen LogP contribution in [0.5, 0.6) is 0 Å². The molecule has 0 amide bonds. The maximum atomic E-state index is 2.97. The third-order valence-electron chi connectivity index (χ3n) is 10.8. The Balaban J connectivity index is 4.59. The van der Waals surface area contributed by atoms with Crippen molar-refractivity contribution in [1.29, 1.82) is 0 Å². The van der Waals surface area contributed by atoms with Crippen molar-refractivity contribution in [1.82, 2.24) is 9.80 Å². The van der Waals surface area contributed by atoms with E-state index in [0.29, 0.717) is 0 Å². The lowest BCUT2D eigenvalue weighted by Gasteiger charge is -2.33. The Hall–Kier alpha value is -1.12. The Morgan fingerprint density at radius 2 is 0.673 bits per heavy atom. The van der Waals surface area contributed by atoms with Gasteiger partial charge in [0.15, 0.2) is 0 Å². The molecule has 1 atom stereocenters. The second-order valence-electron chi connectivity index (χ2n) is 16.4. The zero-order valence-corrected chi connectivity index (χ0v) is 36.5. The first kappa shape index (κ1) is 50.9. The minimum Gasteiger partial charge on any atom is -0.309 e. The van der Waals surface area contributed by atoms with E-state index < -0.39 is 0 Å². The largest absolute Gasteiger partial charge is 0.309 e. The molecule has 0 aromatic heterocycles. The molecule has 0 heterocycles. The second-order valence-corrected chi connectivity index (χ2v) is 16.4. The van der Waals surface area contributed by atoms with Crippen LogP contribution in [0.25, 0.3) is 0 Å². The molecule has 0 bridgehead atoms. The summed E-state index contributed by atoms with van der Waals surface area (Å²) in [5.74, 6) is 0. The van der Waals surface area contributed by atoms with Gasteiger partial charge >= 0.3 is 0 Å². The summed E-state index contributed by atoms with van der Waals surface area (Å²) in [4.78, 5) is 5.35. The molecule has 0 aromatic rings. The van der Waals surface area contributed by atoms with Gasteiger partial charge in [-0.2, -0.15) is 0 Å². The number of unbranched alkanes of at least 4 members (excludes halogenated alkanes) is 23. The number of hydrogen-bond donors (Lipinski definition) is 0. The van der Waals surface area contributed by atoms with Gasteiger partial charge in [0.05, 0.1) is 0 Å². The third-order valence-corrected chi connectivity index (χ3v) is 10.8. The molecule has 52 heavy (non-hydrogen) atoms. The molecular formula is C50H96N2. The smallest absolute Gasteiger partial charge is 0.00952 e. The molecule has 0 aliphatic rings. The van der Waals surface area contributed by atoms with Gasteiger partial charge in [0.25, 0.3) is 0 Å². The zero-order chi connectivity index (χ0) is 37.8. The second kappa shape index (κ2) is 44.3. The molecule has 0 radical (unpaired) electrons. The Bertz CT molecular complexity index is 777. The standard InChI is InChI=1S/C50H96N2/c1-6-9-12-15-18-20-22-24-26-28-30-32-34-36-39-42-46-50(52(49-44-47-51(4)5)48-43-40-37-17-14-11-8-3)45-41-38-35-33-31-29-27-25-23-21-19-16-13-10-7-2/h16,18-20,23-26,50H,6-15,17,21-22,27-49H2,1-5H3/b19-16-,20-18-,25-23-,26-24-. The van der Waals surface area contributed by atoms with E-state index in [2.05, 4.69) is 93.3 Å². The quantitative estimate of drug-likeness (QED) is 0.0457. The summed E-state index contributed by atoms with van der Waals surface area (Å²) in [5, 5.41) is 0. The van der Waals surface area contributed by atoms with E-state index in [1.54, 1.807) is 0 Å². The number of allylic oxidation sites excluding steroid dienone is 8. The van der Waals surface area contributed by atoms with Crippen molar-refractivity contribution >= 4 is 0 Å². The topological polar surface area (TPSA) is 6.48 Å². The molecule has 0 N–H and O–H groups in total. The highest BCUT2D eigenvalue weighted by molar-refractivity contribution is 4.93. The monoisotopic (exact) mass is 725 g/mol. The molecule has 0 aliphatic heterocycles. The van der Waals surface area contributed by atoms with Gasteiger partial charge in [0.2, 0.25) is 0 Å². The summed E-state index contributed by atoms with van der Waals surface area (Å²) in [7, 11) is 4.48. The van der Waals surface area contributed by atoms with Gasteiger partial charge < -0.3 is 9.80 Å². The van der Waals surface area contributed by atoms with Crippen LogP contribution >= 0.6 is 0 Å². The van der Waals surface area contributed by atoms with Gasteiger partial charge in [-0.3, -0.25) is 0 Å². The van der Waals surface area contributed by atoms with Gasteiger partial charge in [0.1, 0.15) is 0 Å². The van der Waals surface area contributed by atoms with Crippen LogP contribution in [0.1, 0.15) is 233 Å². The SMILES string of the molecule is CCCC/C=C\C/C=C\CCCCCCCCC(CCCCCCCC/C=C\C/C=C\CCCCC)N(CCCCCCCCC)CCCN(C)C. The number of nitrogens with zero attached hydrogens (tertiary/aromatic N) is 2. The molecule has 0 fully saturated rings.